The minimum atomic E-state index is -5.44. The van der Waals surface area contributed by atoms with E-state index in [1.807, 2.05) is 0 Å². The van der Waals surface area contributed by atoms with Crippen LogP contribution in [0, 0.1) is 5.92 Å². The highest BCUT2D eigenvalue weighted by Gasteiger charge is 2.60. The Bertz CT molecular complexity index is 267. The van der Waals surface area contributed by atoms with E-state index in [0.717, 1.165) is 6.08 Å². The maximum absolute atomic E-state index is 12.2. The quantitative estimate of drug-likeness (QED) is 0.762. The van der Waals surface area contributed by atoms with Crippen molar-refractivity contribution in [3.63, 3.8) is 0 Å². The number of ether oxygens (including phenoxy) is 1. The van der Waals surface area contributed by atoms with Crippen LogP contribution in [0.2, 0.25) is 0 Å². The van der Waals surface area contributed by atoms with Crippen LogP contribution in [0.4, 0.5) is 26.3 Å². The van der Waals surface area contributed by atoms with E-state index < -0.39 is 30.1 Å². The third-order valence-corrected chi connectivity index (χ3v) is 2.13. The number of hydrogen-bond donors (Lipinski definition) is 1. The summed E-state index contributed by atoms with van der Waals surface area (Å²) in [4.78, 5) is 0. The molecular formula is C8H9F6NO. The first-order valence-corrected chi connectivity index (χ1v) is 4.36. The normalized spacial score (nSPS) is 19.6. The summed E-state index contributed by atoms with van der Waals surface area (Å²) in [6.07, 6.45) is -9.46. The Kier molecular flexibility index (Phi) is 3.41. The summed E-state index contributed by atoms with van der Waals surface area (Å²) in [7, 11) is 0. The van der Waals surface area contributed by atoms with Crippen molar-refractivity contribution in [2.24, 2.45) is 11.7 Å². The van der Waals surface area contributed by atoms with Gasteiger partial charge in [-0.2, -0.15) is 26.3 Å². The molecule has 8 heteroatoms. The van der Waals surface area contributed by atoms with Crippen LogP contribution in [0.1, 0.15) is 6.42 Å². The van der Waals surface area contributed by atoms with Crippen molar-refractivity contribution in [2.75, 3.05) is 6.61 Å². The zero-order chi connectivity index (χ0) is 12.6. The molecule has 0 aliphatic carbocycles. The molecule has 2 nitrogen and oxygen atoms in total. The molecule has 0 saturated heterocycles. The molecule has 1 aliphatic heterocycles. The summed E-state index contributed by atoms with van der Waals surface area (Å²) >= 11 is 0. The molecule has 1 unspecified atom stereocenters. The first-order valence-electron chi connectivity index (χ1n) is 4.36. The average Bonchev–Trinajstić information content (AvgIpc) is 2.48. The van der Waals surface area contributed by atoms with Crippen LogP contribution in [-0.2, 0) is 4.74 Å². The predicted molar refractivity (Wildman–Crippen MR) is 42.2 cm³/mol. The topological polar surface area (TPSA) is 35.2 Å². The van der Waals surface area contributed by atoms with Crippen molar-refractivity contribution in [2.45, 2.75) is 24.8 Å². The van der Waals surface area contributed by atoms with Gasteiger partial charge in [-0.1, -0.05) is 0 Å². The van der Waals surface area contributed by atoms with Crippen LogP contribution < -0.4 is 5.73 Å². The molecule has 0 aromatic carbocycles. The number of rotatable bonds is 2. The summed E-state index contributed by atoms with van der Waals surface area (Å²) in [5.41, 5.74) is 4.96. The highest BCUT2D eigenvalue weighted by molar-refractivity contribution is 5.10. The van der Waals surface area contributed by atoms with E-state index in [1.54, 1.807) is 0 Å². The van der Waals surface area contributed by atoms with E-state index >= 15 is 0 Å². The summed E-state index contributed by atoms with van der Waals surface area (Å²) in [5, 5.41) is 0. The fourth-order valence-electron chi connectivity index (χ4n) is 1.43. The van der Waals surface area contributed by atoms with Gasteiger partial charge in [-0.05, 0) is 6.08 Å². The molecule has 0 spiro atoms. The van der Waals surface area contributed by atoms with Crippen molar-refractivity contribution in [3.05, 3.63) is 11.8 Å². The minimum Gasteiger partial charge on any atom is -0.496 e. The zero-order valence-electron chi connectivity index (χ0n) is 7.90. The van der Waals surface area contributed by atoms with Gasteiger partial charge in [0.2, 0.25) is 0 Å². The third kappa shape index (κ3) is 2.81. The van der Waals surface area contributed by atoms with E-state index in [4.69, 9.17) is 5.73 Å². The van der Waals surface area contributed by atoms with Gasteiger partial charge in [0.1, 0.15) is 5.76 Å². The largest absolute Gasteiger partial charge is 0.496 e. The lowest BCUT2D eigenvalue weighted by molar-refractivity contribution is -0.288. The van der Waals surface area contributed by atoms with E-state index in [1.165, 1.54) is 0 Å². The van der Waals surface area contributed by atoms with Gasteiger partial charge in [-0.3, -0.25) is 0 Å². The molecular weight excluding hydrogens is 240 g/mol. The van der Waals surface area contributed by atoms with E-state index in [2.05, 4.69) is 4.74 Å². The fraction of sp³-hybridized carbons (Fsp3) is 0.750. The average molecular weight is 249 g/mol. The van der Waals surface area contributed by atoms with Crippen molar-refractivity contribution in [1.29, 1.82) is 0 Å². The summed E-state index contributed by atoms with van der Waals surface area (Å²) < 4.78 is 78.0. The second-order valence-electron chi connectivity index (χ2n) is 3.33. The Morgan fingerprint density at radius 3 is 1.94 bits per heavy atom. The predicted octanol–water partition coefficient (Wildman–Crippen LogP) is 2.36. The fourth-order valence-corrected chi connectivity index (χ4v) is 1.43. The summed E-state index contributed by atoms with van der Waals surface area (Å²) in [6.45, 7) is 0.0610. The molecule has 16 heavy (non-hydrogen) atoms. The molecule has 0 saturated carbocycles. The summed E-state index contributed by atoms with van der Waals surface area (Å²) in [5.74, 6) is -4.04. The number of nitrogens with two attached hydrogens (primary N) is 1. The molecule has 94 valence electrons. The lowest BCUT2D eigenvalue weighted by Crippen LogP contribution is -2.49. The van der Waals surface area contributed by atoms with E-state index in [9.17, 15) is 26.3 Å². The second-order valence-corrected chi connectivity index (χ2v) is 3.33. The molecule has 0 aromatic heterocycles. The molecule has 0 fully saturated rings. The maximum Gasteiger partial charge on any atom is 0.402 e. The first-order chi connectivity index (χ1) is 7.14. The van der Waals surface area contributed by atoms with Crippen LogP contribution in [0.5, 0.6) is 0 Å². The molecule has 1 atom stereocenters. The molecule has 0 radical (unpaired) electrons. The highest BCUT2D eigenvalue weighted by Crippen LogP contribution is 2.42. The molecule has 1 heterocycles. The van der Waals surface area contributed by atoms with Crippen molar-refractivity contribution in [1.82, 2.24) is 0 Å². The van der Waals surface area contributed by atoms with E-state index in [-0.39, 0.29) is 13.0 Å². The molecule has 1 rings (SSSR count). The van der Waals surface area contributed by atoms with Gasteiger partial charge in [0.15, 0.2) is 5.92 Å². The second kappa shape index (κ2) is 4.15. The van der Waals surface area contributed by atoms with Crippen LogP contribution in [0.15, 0.2) is 11.8 Å². The van der Waals surface area contributed by atoms with Crippen LogP contribution in [-0.4, -0.2) is 25.0 Å². The first kappa shape index (κ1) is 13.1. The van der Waals surface area contributed by atoms with Gasteiger partial charge in [0.05, 0.1) is 12.6 Å². The Balaban J connectivity index is 2.93. The number of alkyl halides is 6. The van der Waals surface area contributed by atoms with Crippen molar-refractivity contribution < 1.29 is 31.1 Å². The Morgan fingerprint density at radius 2 is 1.62 bits per heavy atom. The zero-order valence-corrected chi connectivity index (χ0v) is 7.90. The number of halogens is 6. The minimum absolute atomic E-state index is 0.0610. The number of hydrogen-bond acceptors (Lipinski definition) is 2. The smallest absolute Gasteiger partial charge is 0.402 e. The molecule has 1 aliphatic rings. The van der Waals surface area contributed by atoms with Gasteiger partial charge in [0, 0.05) is 6.42 Å². The molecule has 0 amide bonds. The monoisotopic (exact) mass is 249 g/mol. The Labute approximate surface area is 87.0 Å². The van der Waals surface area contributed by atoms with Crippen LogP contribution in [0.25, 0.3) is 0 Å². The maximum atomic E-state index is 12.2. The van der Waals surface area contributed by atoms with E-state index in [0.29, 0.717) is 0 Å². The molecule has 0 aromatic rings. The van der Waals surface area contributed by atoms with Crippen molar-refractivity contribution in [3.8, 4) is 0 Å². The Hall–Kier alpha value is -0.920. The van der Waals surface area contributed by atoms with Gasteiger partial charge in [-0.15, -0.1) is 0 Å². The lowest BCUT2D eigenvalue weighted by Gasteiger charge is -2.28. The van der Waals surface area contributed by atoms with Crippen LogP contribution >= 0.6 is 0 Å². The third-order valence-electron chi connectivity index (χ3n) is 2.13. The van der Waals surface area contributed by atoms with Gasteiger partial charge in [-0.25, -0.2) is 0 Å². The highest BCUT2D eigenvalue weighted by atomic mass is 19.4. The lowest BCUT2D eigenvalue weighted by atomic mass is 9.97. The summed E-state index contributed by atoms with van der Waals surface area (Å²) in [6, 6.07) is -2.23. The standard InChI is InChI=1S/C8H9F6NO/c9-7(10,11)6(8(12,13)14)5(15)4-2-1-3-16-4/h2,5-6H,1,3,15H2. The SMILES string of the molecule is NC(C1=CCCO1)C(C(F)(F)F)C(F)(F)F. The van der Waals surface area contributed by atoms with Gasteiger partial charge in [0.25, 0.3) is 0 Å². The van der Waals surface area contributed by atoms with Gasteiger partial charge < -0.3 is 10.5 Å². The molecule has 2 N–H and O–H groups in total. The van der Waals surface area contributed by atoms with Gasteiger partial charge >= 0.3 is 12.4 Å². The van der Waals surface area contributed by atoms with Crippen LogP contribution in [0.3, 0.4) is 0 Å². The Morgan fingerprint density at radius 1 is 1.12 bits per heavy atom. The molecule has 0 bridgehead atoms. The van der Waals surface area contributed by atoms with Crippen molar-refractivity contribution >= 4 is 0 Å².